The average Bonchev–Trinajstić information content (AvgIpc) is 2.68. The van der Waals surface area contributed by atoms with Crippen molar-refractivity contribution in [3.63, 3.8) is 0 Å². The van der Waals surface area contributed by atoms with E-state index in [4.69, 9.17) is 4.74 Å². The van der Waals surface area contributed by atoms with Gasteiger partial charge in [0.1, 0.15) is 5.75 Å². The Bertz CT molecular complexity index is 518. The molecular weight excluding hydrogens is 238 g/mol. The van der Waals surface area contributed by atoms with E-state index in [0.717, 1.165) is 29.7 Å². The Hall–Kier alpha value is -1.61. The van der Waals surface area contributed by atoms with Gasteiger partial charge in [-0.05, 0) is 43.7 Å². The molecule has 1 aromatic carbocycles. The van der Waals surface area contributed by atoms with Crippen LogP contribution in [0.25, 0.3) is 6.08 Å². The second kappa shape index (κ2) is 4.82. The highest BCUT2D eigenvalue weighted by molar-refractivity contribution is 6.02. The Balaban J connectivity index is 1.90. The van der Waals surface area contributed by atoms with E-state index in [-0.39, 0.29) is 0 Å². The van der Waals surface area contributed by atoms with Gasteiger partial charge in [-0.25, -0.2) is 0 Å². The third-order valence-corrected chi connectivity index (χ3v) is 4.38. The molecule has 2 aliphatic heterocycles. The molecule has 0 radical (unpaired) electrons. The van der Waals surface area contributed by atoms with Crippen LogP contribution < -0.4 is 4.74 Å². The van der Waals surface area contributed by atoms with E-state index >= 15 is 0 Å². The predicted molar refractivity (Wildman–Crippen MR) is 75.2 cm³/mol. The third-order valence-electron chi connectivity index (χ3n) is 4.38. The van der Waals surface area contributed by atoms with Crippen LogP contribution >= 0.6 is 0 Å². The number of ether oxygens (including phenoxy) is 1. The lowest BCUT2D eigenvalue weighted by atomic mass is 9.94. The zero-order chi connectivity index (χ0) is 13.4. The van der Waals surface area contributed by atoms with Crippen LogP contribution in [0, 0.1) is 0 Å². The van der Waals surface area contributed by atoms with Crippen molar-refractivity contribution in [1.29, 1.82) is 0 Å². The zero-order valence-corrected chi connectivity index (χ0v) is 11.4. The number of nitrogens with zero attached hydrogens (tertiary/aromatic N) is 1. The summed E-state index contributed by atoms with van der Waals surface area (Å²) in [4.78, 5) is 14.6. The van der Waals surface area contributed by atoms with Gasteiger partial charge in [0.15, 0.2) is 5.78 Å². The molecule has 0 N–H and O–H groups in total. The molecule has 2 heterocycles. The van der Waals surface area contributed by atoms with Gasteiger partial charge in [0.05, 0.1) is 7.11 Å². The van der Waals surface area contributed by atoms with Crippen LogP contribution in [-0.4, -0.2) is 36.9 Å². The molecule has 19 heavy (non-hydrogen) atoms. The minimum atomic E-state index is 0.313. The fourth-order valence-electron chi connectivity index (χ4n) is 3.21. The molecule has 2 fully saturated rings. The van der Waals surface area contributed by atoms with E-state index in [1.807, 2.05) is 30.3 Å². The molecule has 0 aliphatic carbocycles. The van der Waals surface area contributed by atoms with Crippen molar-refractivity contribution in [2.24, 2.45) is 0 Å². The van der Waals surface area contributed by atoms with Crippen molar-refractivity contribution in [3.05, 3.63) is 35.4 Å². The Morgan fingerprint density at radius 2 is 2.00 bits per heavy atom. The molecule has 3 nitrogen and oxygen atoms in total. The summed E-state index contributed by atoms with van der Waals surface area (Å²) in [5.41, 5.74) is 2.05. The van der Waals surface area contributed by atoms with Gasteiger partial charge in [0.25, 0.3) is 0 Å². The highest BCUT2D eigenvalue weighted by Crippen LogP contribution is 2.36. The van der Waals surface area contributed by atoms with Crippen molar-refractivity contribution in [3.8, 4) is 5.75 Å². The van der Waals surface area contributed by atoms with Gasteiger partial charge in [-0.3, -0.25) is 9.69 Å². The van der Waals surface area contributed by atoms with Crippen LogP contribution in [0.2, 0.25) is 0 Å². The van der Waals surface area contributed by atoms with Gasteiger partial charge < -0.3 is 4.74 Å². The quantitative estimate of drug-likeness (QED) is 0.762. The number of carbonyl (C=O) groups is 1. The summed E-state index contributed by atoms with van der Waals surface area (Å²) < 4.78 is 5.15. The van der Waals surface area contributed by atoms with Gasteiger partial charge in [-0.15, -0.1) is 0 Å². The number of fused-ring (bicyclic) bond motifs is 2. The maximum atomic E-state index is 12.2. The van der Waals surface area contributed by atoms with E-state index < -0.39 is 0 Å². The normalized spacial score (nSPS) is 28.9. The number of benzene rings is 1. The first-order valence-corrected chi connectivity index (χ1v) is 6.80. The predicted octanol–water partition coefficient (Wildman–Crippen LogP) is 2.51. The van der Waals surface area contributed by atoms with Crippen molar-refractivity contribution < 1.29 is 9.53 Å². The molecule has 1 aromatic rings. The maximum absolute atomic E-state index is 12.2. The van der Waals surface area contributed by atoms with E-state index in [2.05, 4.69) is 11.9 Å². The number of hydrogen-bond donors (Lipinski definition) is 0. The zero-order valence-electron chi connectivity index (χ0n) is 11.4. The molecule has 2 atom stereocenters. The summed E-state index contributed by atoms with van der Waals surface area (Å²) in [7, 11) is 3.79. The lowest BCUT2D eigenvalue weighted by molar-refractivity contribution is -0.118. The number of likely N-dealkylation sites (N-methyl/N-ethyl adjacent to an activating group) is 1. The molecule has 2 saturated heterocycles. The number of rotatable bonds is 2. The summed E-state index contributed by atoms with van der Waals surface area (Å²) in [5.74, 6) is 1.16. The highest BCUT2D eigenvalue weighted by Gasteiger charge is 2.41. The summed E-state index contributed by atoms with van der Waals surface area (Å²) in [6.45, 7) is 0. The SMILES string of the molecule is COc1ccc(/C=C2/C(=O)C[C@@H]3CC[C@H]2N3C)cc1. The molecule has 2 aliphatic rings. The van der Waals surface area contributed by atoms with Gasteiger partial charge in [-0.2, -0.15) is 0 Å². The summed E-state index contributed by atoms with van der Waals surface area (Å²) in [6.07, 6.45) is 4.97. The first-order chi connectivity index (χ1) is 9.19. The number of piperidine rings is 1. The average molecular weight is 257 g/mol. The van der Waals surface area contributed by atoms with Crippen molar-refractivity contribution >= 4 is 11.9 Å². The molecule has 2 bridgehead atoms. The second-order valence-corrected chi connectivity index (χ2v) is 5.41. The third kappa shape index (κ3) is 2.19. The van der Waals surface area contributed by atoms with Gasteiger partial charge in [-0.1, -0.05) is 12.1 Å². The van der Waals surface area contributed by atoms with Gasteiger partial charge in [0.2, 0.25) is 0 Å². The number of hydrogen-bond acceptors (Lipinski definition) is 3. The first kappa shape index (κ1) is 12.4. The molecule has 0 amide bonds. The molecule has 3 rings (SSSR count). The lowest BCUT2D eigenvalue weighted by Crippen LogP contribution is -2.41. The molecule has 0 unspecified atom stereocenters. The summed E-state index contributed by atoms with van der Waals surface area (Å²) in [5, 5.41) is 0. The van der Waals surface area contributed by atoms with Gasteiger partial charge >= 0.3 is 0 Å². The van der Waals surface area contributed by atoms with E-state index in [0.29, 0.717) is 24.3 Å². The fraction of sp³-hybridized carbons (Fsp3) is 0.438. The van der Waals surface area contributed by atoms with E-state index in [1.165, 1.54) is 0 Å². The molecule has 3 heteroatoms. The van der Waals surface area contributed by atoms with Crippen LogP contribution in [0.1, 0.15) is 24.8 Å². The van der Waals surface area contributed by atoms with Crippen molar-refractivity contribution in [1.82, 2.24) is 4.90 Å². The second-order valence-electron chi connectivity index (χ2n) is 5.41. The summed E-state index contributed by atoms with van der Waals surface area (Å²) >= 11 is 0. The van der Waals surface area contributed by atoms with E-state index in [9.17, 15) is 4.79 Å². The molecule has 0 spiro atoms. The van der Waals surface area contributed by atoms with Crippen molar-refractivity contribution in [2.75, 3.05) is 14.2 Å². The number of ketones is 1. The lowest BCUT2D eigenvalue weighted by Gasteiger charge is -2.32. The molecule has 0 aromatic heterocycles. The van der Waals surface area contributed by atoms with Crippen LogP contribution in [0.4, 0.5) is 0 Å². The fourth-order valence-corrected chi connectivity index (χ4v) is 3.21. The Labute approximate surface area is 113 Å². The molecule has 100 valence electrons. The van der Waals surface area contributed by atoms with Crippen LogP contribution in [0.3, 0.4) is 0 Å². The largest absolute Gasteiger partial charge is 0.497 e. The smallest absolute Gasteiger partial charge is 0.162 e. The molecule has 0 saturated carbocycles. The topological polar surface area (TPSA) is 29.5 Å². The minimum Gasteiger partial charge on any atom is -0.497 e. The first-order valence-electron chi connectivity index (χ1n) is 6.80. The number of methoxy groups -OCH3 is 1. The maximum Gasteiger partial charge on any atom is 0.162 e. The van der Waals surface area contributed by atoms with Crippen LogP contribution in [0.15, 0.2) is 29.8 Å². The number of Topliss-reactive ketones (excluding diaryl/α,β-unsaturated/α-hetero) is 1. The van der Waals surface area contributed by atoms with E-state index in [1.54, 1.807) is 7.11 Å². The summed E-state index contributed by atoms with van der Waals surface area (Å²) in [6, 6.07) is 8.64. The molecular formula is C16H19NO2. The standard InChI is InChI=1S/C16H19NO2/c1-17-12-5-8-15(17)14(16(18)10-12)9-11-3-6-13(19-2)7-4-11/h3-4,6-7,9,12,15H,5,8,10H2,1-2H3/b14-9+/t12-,15+/m0/s1. The monoisotopic (exact) mass is 257 g/mol. The van der Waals surface area contributed by atoms with Gasteiger partial charge in [0, 0.05) is 24.1 Å². The van der Waals surface area contributed by atoms with Crippen molar-refractivity contribution in [2.45, 2.75) is 31.3 Å². The number of carbonyl (C=O) groups excluding carboxylic acids is 1. The van der Waals surface area contributed by atoms with Crippen LogP contribution in [0.5, 0.6) is 5.75 Å². The highest BCUT2D eigenvalue weighted by atomic mass is 16.5. The Kier molecular flexibility index (Phi) is 3.15. The Morgan fingerprint density at radius 1 is 1.26 bits per heavy atom. The Morgan fingerprint density at radius 3 is 2.68 bits per heavy atom. The minimum absolute atomic E-state index is 0.313. The van der Waals surface area contributed by atoms with Crippen LogP contribution in [-0.2, 0) is 4.79 Å².